The van der Waals surface area contributed by atoms with E-state index in [0.29, 0.717) is 25.3 Å². The molecule has 0 bridgehead atoms. The highest BCUT2D eigenvalue weighted by Gasteiger charge is 2.14. The number of amides is 2. The van der Waals surface area contributed by atoms with Crippen molar-refractivity contribution in [1.82, 2.24) is 5.32 Å². The molecule has 3 aromatic rings. The molecule has 0 aliphatic rings. The largest absolute Gasteiger partial charge is 0.489 e. The van der Waals surface area contributed by atoms with Crippen LogP contribution in [0.25, 0.3) is 0 Å². The third-order valence-corrected chi connectivity index (χ3v) is 4.68. The lowest BCUT2D eigenvalue weighted by Crippen LogP contribution is -2.36. The highest BCUT2D eigenvalue weighted by Crippen LogP contribution is 2.24. The number of rotatable bonds is 8. The van der Waals surface area contributed by atoms with Crippen molar-refractivity contribution in [2.45, 2.75) is 26.4 Å². The van der Waals surface area contributed by atoms with E-state index in [2.05, 4.69) is 10.6 Å². The molecule has 5 heteroatoms. The van der Waals surface area contributed by atoms with E-state index in [9.17, 15) is 9.59 Å². The second-order valence-electron chi connectivity index (χ2n) is 6.90. The van der Waals surface area contributed by atoms with Crippen LogP contribution in [-0.4, -0.2) is 18.4 Å². The van der Waals surface area contributed by atoms with E-state index in [1.165, 1.54) is 0 Å². The minimum atomic E-state index is -0.678. The van der Waals surface area contributed by atoms with Crippen molar-refractivity contribution in [2.24, 2.45) is 0 Å². The number of nitrogens with one attached hydrogen (secondary N) is 2. The van der Waals surface area contributed by atoms with Gasteiger partial charge >= 0.3 is 11.8 Å². The van der Waals surface area contributed by atoms with Crippen LogP contribution in [-0.2, 0) is 29.0 Å². The topological polar surface area (TPSA) is 67.4 Å². The van der Waals surface area contributed by atoms with Crippen molar-refractivity contribution in [3.63, 3.8) is 0 Å². The summed E-state index contributed by atoms with van der Waals surface area (Å²) in [5, 5.41) is 5.31. The Kier molecular flexibility index (Phi) is 7.61. The standard InChI is InChI=1S/C25H26N2O3/c1-2-21-17-22(13-14-23(21)30-18-20-11-7-4-8-12-20)27-25(29)24(28)26-16-15-19-9-5-3-6-10-19/h3-14,17H,2,15-16,18H2,1H3,(H,26,28)(H,27,29). The highest BCUT2D eigenvalue weighted by molar-refractivity contribution is 6.39. The summed E-state index contributed by atoms with van der Waals surface area (Å²) in [5.74, 6) is -0.553. The summed E-state index contributed by atoms with van der Waals surface area (Å²) in [5.41, 5.74) is 3.73. The van der Waals surface area contributed by atoms with Gasteiger partial charge in [0.1, 0.15) is 12.4 Å². The smallest absolute Gasteiger partial charge is 0.313 e. The molecule has 0 saturated carbocycles. The first-order valence-corrected chi connectivity index (χ1v) is 10.1. The summed E-state index contributed by atoms with van der Waals surface area (Å²) in [4.78, 5) is 24.3. The van der Waals surface area contributed by atoms with Crippen LogP contribution in [0.2, 0.25) is 0 Å². The number of ether oxygens (including phenoxy) is 1. The first-order chi connectivity index (χ1) is 14.7. The highest BCUT2D eigenvalue weighted by atomic mass is 16.5. The Bertz CT molecular complexity index is 972. The molecule has 0 atom stereocenters. The number of benzene rings is 3. The zero-order valence-electron chi connectivity index (χ0n) is 17.1. The van der Waals surface area contributed by atoms with E-state index in [-0.39, 0.29) is 0 Å². The fourth-order valence-corrected chi connectivity index (χ4v) is 3.04. The maximum atomic E-state index is 12.2. The lowest BCUT2D eigenvalue weighted by molar-refractivity contribution is -0.136. The molecule has 0 spiro atoms. The van der Waals surface area contributed by atoms with Gasteiger partial charge in [0.15, 0.2) is 0 Å². The molecule has 0 fully saturated rings. The summed E-state index contributed by atoms with van der Waals surface area (Å²) in [6.45, 7) is 2.90. The molecular formula is C25H26N2O3. The van der Waals surface area contributed by atoms with Crippen LogP contribution >= 0.6 is 0 Å². The van der Waals surface area contributed by atoms with Crippen molar-refractivity contribution in [2.75, 3.05) is 11.9 Å². The molecule has 3 rings (SSSR count). The quantitative estimate of drug-likeness (QED) is 0.557. The molecular weight excluding hydrogens is 376 g/mol. The zero-order chi connectivity index (χ0) is 21.2. The van der Waals surface area contributed by atoms with Crippen molar-refractivity contribution < 1.29 is 14.3 Å². The summed E-state index contributed by atoms with van der Waals surface area (Å²) in [7, 11) is 0. The maximum Gasteiger partial charge on any atom is 0.313 e. The third kappa shape index (κ3) is 6.21. The summed E-state index contributed by atoms with van der Waals surface area (Å²) >= 11 is 0. The van der Waals surface area contributed by atoms with E-state index < -0.39 is 11.8 Å². The van der Waals surface area contributed by atoms with Crippen molar-refractivity contribution in [3.05, 3.63) is 95.6 Å². The molecule has 2 amide bonds. The summed E-state index contributed by atoms with van der Waals surface area (Å²) in [6.07, 6.45) is 1.42. The zero-order valence-corrected chi connectivity index (χ0v) is 17.1. The average molecular weight is 402 g/mol. The van der Waals surface area contributed by atoms with E-state index in [0.717, 1.165) is 28.9 Å². The van der Waals surface area contributed by atoms with Crippen molar-refractivity contribution in [3.8, 4) is 5.75 Å². The van der Waals surface area contributed by atoms with Gasteiger partial charge in [0, 0.05) is 12.2 Å². The molecule has 5 nitrogen and oxygen atoms in total. The summed E-state index contributed by atoms with van der Waals surface area (Å²) in [6, 6.07) is 25.2. The molecule has 2 N–H and O–H groups in total. The molecule has 0 radical (unpaired) electrons. The number of hydrogen-bond acceptors (Lipinski definition) is 3. The van der Waals surface area contributed by atoms with Crippen LogP contribution in [0.1, 0.15) is 23.6 Å². The van der Waals surface area contributed by atoms with E-state index >= 15 is 0 Å². The van der Waals surface area contributed by atoms with Crippen LogP contribution < -0.4 is 15.4 Å². The van der Waals surface area contributed by atoms with Crippen molar-refractivity contribution in [1.29, 1.82) is 0 Å². The van der Waals surface area contributed by atoms with Gasteiger partial charge in [-0.1, -0.05) is 67.6 Å². The SMILES string of the molecule is CCc1cc(NC(=O)C(=O)NCCc2ccccc2)ccc1OCc1ccccc1. The molecule has 0 unspecified atom stereocenters. The fourth-order valence-electron chi connectivity index (χ4n) is 3.04. The van der Waals surface area contributed by atoms with Gasteiger partial charge in [-0.05, 0) is 47.7 Å². The number of anilines is 1. The van der Waals surface area contributed by atoms with Crippen LogP contribution in [0, 0.1) is 0 Å². The Morgan fingerprint density at radius 3 is 2.17 bits per heavy atom. The van der Waals surface area contributed by atoms with E-state index in [1.54, 1.807) is 6.07 Å². The van der Waals surface area contributed by atoms with Crippen molar-refractivity contribution >= 4 is 17.5 Å². The third-order valence-electron chi connectivity index (χ3n) is 4.68. The Morgan fingerprint density at radius 2 is 1.50 bits per heavy atom. The number of carbonyl (C=O) groups is 2. The molecule has 0 saturated heterocycles. The van der Waals surface area contributed by atoms with Gasteiger partial charge in [0.2, 0.25) is 0 Å². The number of hydrogen-bond donors (Lipinski definition) is 2. The maximum absolute atomic E-state index is 12.2. The number of aryl methyl sites for hydroxylation is 1. The Labute approximate surface area is 177 Å². The normalized spacial score (nSPS) is 10.3. The molecule has 0 aliphatic carbocycles. The molecule has 3 aromatic carbocycles. The molecule has 30 heavy (non-hydrogen) atoms. The predicted octanol–water partition coefficient (Wildman–Crippen LogP) is 4.13. The average Bonchev–Trinajstić information content (AvgIpc) is 2.79. The molecule has 0 aromatic heterocycles. The monoisotopic (exact) mass is 402 g/mol. The van der Waals surface area contributed by atoms with Gasteiger partial charge in [0.25, 0.3) is 0 Å². The van der Waals surface area contributed by atoms with E-state index in [4.69, 9.17) is 4.74 Å². The van der Waals surface area contributed by atoms with Crippen LogP contribution in [0.5, 0.6) is 5.75 Å². The van der Waals surface area contributed by atoms with Gasteiger partial charge in [-0.3, -0.25) is 9.59 Å². The molecule has 154 valence electrons. The minimum Gasteiger partial charge on any atom is -0.489 e. The first-order valence-electron chi connectivity index (χ1n) is 10.1. The van der Waals surface area contributed by atoms with Gasteiger partial charge in [-0.25, -0.2) is 0 Å². The minimum absolute atomic E-state index is 0.405. The molecule has 0 aliphatic heterocycles. The fraction of sp³-hybridized carbons (Fsp3) is 0.200. The van der Waals surface area contributed by atoms with Crippen LogP contribution in [0.4, 0.5) is 5.69 Å². The molecule has 0 heterocycles. The Morgan fingerprint density at radius 1 is 0.833 bits per heavy atom. The summed E-state index contributed by atoms with van der Waals surface area (Å²) < 4.78 is 5.92. The predicted molar refractivity (Wildman–Crippen MR) is 118 cm³/mol. The van der Waals surface area contributed by atoms with Gasteiger partial charge in [-0.15, -0.1) is 0 Å². The lowest BCUT2D eigenvalue weighted by Gasteiger charge is -2.13. The van der Waals surface area contributed by atoms with Crippen LogP contribution in [0.3, 0.4) is 0 Å². The van der Waals surface area contributed by atoms with Crippen LogP contribution in [0.15, 0.2) is 78.9 Å². The second kappa shape index (κ2) is 10.8. The first kappa shape index (κ1) is 21.1. The number of carbonyl (C=O) groups excluding carboxylic acids is 2. The van der Waals surface area contributed by atoms with Gasteiger partial charge in [0.05, 0.1) is 0 Å². The second-order valence-corrected chi connectivity index (χ2v) is 6.90. The lowest BCUT2D eigenvalue weighted by atomic mass is 10.1. The Balaban J connectivity index is 1.52. The Hall–Kier alpha value is -3.60. The van der Waals surface area contributed by atoms with E-state index in [1.807, 2.05) is 79.7 Å². The van der Waals surface area contributed by atoms with Gasteiger partial charge < -0.3 is 15.4 Å². The van der Waals surface area contributed by atoms with Gasteiger partial charge in [-0.2, -0.15) is 0 Å².